The van der Waals surface area contributed by atoms with Crippen molar-refractivity contribution in [1.29, 1.82) is 0 Å². The van der Waals surface area contributed by atoms with Crippen molar-refractivity contribution in [3.63, 3.8) is 0 Å². The lowest BCUT2D eigenvalue weighted by molar-refractivity contribution is 0.0526. The van der Waals surface area contributed by atoms with E-state index in [-0.39, 0.29) is 12.3 Å². The smallest absolute Gasteiger partial charge is 0.338 e. The summed E-state index contributed by atoms with van der Waals surface area (Å²) in [6.45, 7) is 7.81. The van der Waals surface area contributed by atoms with Crippen molar-refractivity contribution in [3.05, 3.63) is 70.5 Å². The molecule has 144 valence electrons. The Morgan fingerprint density at radius 2 is 1.89 bits per heavy atom. The van der Waals surface area contributed by atoms with Gasteiger partial charge in [-0.2, -0.15) is 0 Å². The van der Waals surface area contributed by atoms with Crippen molar-refractivity contribution in [1.82, 2.24) is 15.0 Å². The number of carbonyl (C=O) groups is 2. The van der Waals surface area contributed by atoms with Crippen LogP contribution in [-0.4, -0.2) is 33.5 Å². The fourth-order valence-corrected chi connectivity index (χ4v) is 2.84. The molecule has 0 saturated heterocycles. The van der Waals surface area contributed by atoms with Crippen molar-refractivity contribution in [2.24, 2.45) is 0 Å². The van der Waals surface area contributed by atoms with Crippen molar-refractivity contribution >= 4 is 17.6 Å². The largest absolute Gasteiger partial charge is 0.462 e. The number of benzene rings is 2. The SMILES string of the molecule is CCOC(=O)c1cccc(NC(=O)c2nnn(-c3cc(C)ccc3C)c2C)c1. The molecule has 0 bridgehead atoms. The maximum Gasteiger partial charge on any atom is 0.338 e. The lowest BCUT2D eigenvalue weighted by Gasteiger charge is -2.09. The summed E-state index contributed by atoms with van der Waals surface area (Å²) in [6, 6.07) is 12.6. The Bertz CT molecular complexity index is 1040. The molecule has 0 aliphatic rings. The summed E-state index contributed by atoms with van der Waals surface area (Å²) in [5.74, 6) is -0.828. The number of carbonyl (C=O) groups excluding carboxylic acids is 2. The lowest BCUT2D eigenvalue weighted by Crippen LogP contribution is -2.15. The number of anilines is 1. The summed E-state index contributed by atoms with van der Waals surface area (Å²) in [5.41, 5.74) is 4.72. The molecule has 0 aliphatic carbocycles. The zero-order valence-electron chi connectivity index (χ0n) is 16.3. The number of aromatic nitrogens is 3. The van der Waals surface area contributed by atoms with Gasteiger partial charge in [-0.25, -0.2) is 9.48 Å². The molecule has 0 unspecified atom stereocenters. The van der Waals surface area contributed by atoms with Crippen LogP contribution in [0.3, 0.4) is 0 Å². The van der Waals surface area contributed by atoms with Crippen molar-refractivity contribution in [2.45, 2.75) is 27.7 Å². The van der Waals surface area contributed by atoms with Crippen LogP contribution in [0.2, 0.25) is 0 Å². The minimum Gasteiger partial charge on any atom is -0.462 e. The zero-order valence-corrected chi connectivity index (χ0v) is 16.3. The molecule has 0 saturated carbocycles. The van der Waals surface area contributed by atoms with Gasteiger partial charge in [-0.05, 0) is 63.1 Å². The number of amides is 1. The van der Waals surface area contributed by atoms with E-state index in [2.05, 4.69) is 15.6 Å². The van der Waals surface area contributed by atoms with Crippen LogP contribution >= 0.6 is 0 Å². The molecule has 28 heavy (non-hydrogen) atoms. The normalized spacial score (nSPS) is 10.6. The van der Waals surface area contributed by atoms with Gasteiger partial charge in [-0.1, -0.05) is 23.4 Å². The number of ether oxygens (including phenoxy) is 1. The van der Waals surface area contributed by atoms with Crippen LogP contribution in [0.5, 0.6) is 0 Å². The van der Waals surface area contributed by atoms with E-state index in [4.69, 9.17) is 4.74 Å². The second kappa shape index (κ2) is 8.04. The number of aryl methyl sites for hydroxylation is 2. The summed E-state index contributed by atoms with van der Waals surface area (Å²) >= 11 is 0. The molecular weight excluding hydrogens is 356 g/mol. The minimum absolute atomic E-state index is 0.224. The Hall–Kier alpha value is -3.48. The molecule has 0 radical (unpaired) electrons. The fourth-order valence-electron chi connectivity index (χ4n) is 2.84. The minimum atomic E-state index is -0.435. The summed E-state index contributed by atoms with van der Waals surface area (Å²) in [4.78, 5) is 24.6. The number of rotatable bonds is 5. The molecule has 3 rings (SSSR count). The van der Waals surface area contributed by atoms with E-state index in [0.29, 0.717) is 16.9 Å². The highest BCUT2D eigenvalue weighted by Gasteiger charge is 2.19. The number of esters is 1. The van der Waals surface area contributed by atoms with Gasteiger partial charge in [-0.3, -0.25) is 4.79 Å². The average molecular weight is 378 g/mol. The van der Waals surface area contributed by atoms with Gasteiger partial charge in [-0.15, -0.1) is 5.10 Å². The van der Waals surface area contributed by atoms with Crippen LogP contribution in [0.15, 0.2) is 42.5 Å². The van der Waals surface area contributed by atoms with Gasteiger partial charge < -0.3 is 10.1 Å². The first-order valence-electron chi connectivity index (χ1n) is 8.99. The maximum atomic E-state index is 12.7. The quantitative estimate of drug-likeness (QED) is 0.685. The molecule has 7 nitrogen and oxygen atoms in total. The third-order valence-electron chi connectivity index (χ3n) is 4.33. The predicted octanol–water partition coefficient (Wildman–Crippen LogP) is 3.62. The summed E-state index contributed by atoms with van der Waals surface area (Å²) < 4.78 is 6.65. The predicted molar refractivity (Wildman–Crippen MR) is 106 cm³/mol. The Labute approximate surface area is 163 Å². The van der Waals surface area contributed by atoms with E-state index in [0.717, 1.165) is 16.8 Å². The van der Waals surface area contributed by atoms with E-state index in [1.54, 1.807) is 42.8 Å². The van der Waals surface area contributed by atoms with Crippen molar-refractivity contribution < 1.29 is 14.3 Å². The number of hydrogen-bond donors (Lipinski definition) is 1. The van der Waals surface area contributed by atoms with E-state index >= 15 is 0 Å². The molecule has 3 aromatic rings. The van der Waals surface area contributed by atoms with E-state index in [9.17, 15) is 9.59 Å². The Kier molecular flexibility index (Phi) is 5.54. The van der Waals surface area contributed by atoms with Crippen LogP contribution in [0, 0.1) is 20.8 Å². The molecule has 1 N–H and O–H groups in total. The topological polar surface area (TPSA) is 86.1 Å². The second-order valence-corrected chi connectivity index (χ2v) is 6.48. The standard InChI is InChI=1S/C21H22N4O3/c1-5-28-21(27)16-7-6-8-17(12-16)22-20(26)19-15(4)25(24-23-19)18-11-13(2)9-10-14(18)3/h6-12H,5H2,1-4H3,(H,22,26). The van der Waals surface area contributed by atoms with Crippen molar-refractivity contribution in [3.8, 4) is 5.69 Å². The Balaban J connectivity index is 1.85. The van der Waals surface area contributed by atoms with Crippen LogP contribution < -0.4 is 5.32 Å². The van der Waals surface area contributed by atoms with Crippen LogP contribution in [0.4, 0.5) is 5.69 Å². The molecule has 0 spiro atoms. The van der Waals surface area contributed by atoms with Crippen LogP contribution in [-0.2, 0) is 4.74 Å². The molecule has 0 atom stereocenters. The highest BCUT2D eigenvalue weighted by Crippen LogP contribution is 2.19. The number of nitrogens with one attached hydrogen (secondary N) is 1. The summed E-state index contributed by atoms with van der Waals surface area (Å²) in [7, 11) is 0. The average Bonchev–Trinajstić information content (AvgIpc) is 3.05. The van der Waals surface area contributed by atoms with Gasteiger partial charge in [0.05, 0.1) is 23.6 Å². The van der Waals surface area contributed by atoms with E-state index < -0.39 is 11.9 Å². The van der Waals surface area contributed by atoms with E-state index in [1.165, 1.54) is 0 Å². The molecule has 0 fully saturated rings. The van der Waals surface area contributed by atoms with Gasteiger partial charge in [0, 0.05) is 5.69 Å². The van der Waals surface area contributed by atoms with Crippen molar-refractivity contribution in [2.75, 3.05) is 11.9 Å². The number of nitrogens with zero attached hydrogens (tertiary/aromatic N) is 3. The third-order valence-corrected chi connectivity index (χ3v) is 4.33. The highest BCUT2D eigenvalue weighted by molar-refractivity contribution is 6.04. The molecule has 2 aromatic carbocycles. The van der Waals surface area contributed by atoms with Gasteiger partial charge in [0.2, 0.25) is 0 Å². The molecule has 1 heterocycles. The van der Waals surface area contributed by atoms with Gasteiger partial charge in [0.15, 0.2) is 5.69 Å². The molecule has 1 aromatic heterocycles. The monoisotopic (exact) mass is 378 g/mol. The molecular formula is C21H22N4O3. The number of hydrogen-bond acceptors (Lipinski definition) is 5. The fraction of sp³-hybridized carbons (Fsp3) is 0.238. The highest BCUT2D eigenvalue weighted by atomic mass is 16.5. The van der Waals surface area contributed by atoms with Gasteiger partial charge >= 0.3 is 5.97 Å². The van der Waals surface area contributed by atoms with Gasteiger partial charge in [0.25, 0.3) is 5.91 Å². The first kappa shape index (κ1) is 19.3. The first-order valence-corrected chi connectivity index (χ1v) is 8.99. The van der Waals surface area contributed by atoms with Crippen LogP contribution in [0.1, 0.15) is 44.6 Å². The van der Waals surface area contributed by atoms with Gasteiger partial charge in [0.1, 0.15) is 0 Å². The Morgan fingerprint density at radius 3 is 2.64 bits per heavy atom. The third kappa shape index (κ3) is 3.93. The summed E-state index contributed by atoms with van der Waals surface area (Å²) in [5, 5.41) is 11.0. The zero-order chi connectivity index (χ0) is 20.3. The second-order valence-electron chi connectivity index (χ2n) is 6.48. The van der Waals surface area contributed by atoms with Crippen LogP contribution in [0.25, 0.3) is 5.69 Å². The maximum absolute atomic E-state index is 12.7. The molecule has 0 aliphatic heterocycles. The Morgan fingerprint density at radius 1 is 1.11 bits per heavy atom. The lowest BCUT2D eigenvalue weighted by atomic mass is 10.1. The summed E-state index contributed by atoms with van der Waals surface area (Å²) in [6.07, 6.45) is 0. The first-order chi connectivity index (χ1) is 13.4. The molecule has 1 amide bonds. The van der Waals surface area contributed by atoms with E-state index in [1.807, 2.05) is 32.0 Å². The molecule has 7 heteroatoms.